The molecule has 1 fully saturated rings. The maximum absolute atomic E-state index is 13.1. The van der Waals surface area contributed by atoms with Crippen molar-refractivity contribution in [1.82, 2.24) is 0 Å². The largest absolute Gasteiger partial charge is 0.479 e. The van der Waals surface area contributed by atoms with Crippen LogP contribution in [0.1, 0.15) is 329 Å². The molecule has 12 nitrogen and oxygen atoms in total. The number of aliphatic hydroxyl groups excluding tert-OH is 2. The summed E-state index contributed by atoms with van der Waals surface area (Å²) in [5.41, 5.74) is 0. The summed E-state index contributed by atoms with van der Waals surface area (Å²) in [5.74, 6) is -3.08. The zero-order chi connectivity index (χ0) is 56.1. The minimum absolute atomic E-state index is 0.0694. The summed E-state index contributed by atoms with van der Waals surface area (Å²) < 4.78 is 28.5. The number of carbonyl (C=O) groups is 4. The summed E-state index contributed by atoms with van der Waals surface area (Å²) in [5, 5.41) is 31.5. The van der Waals surface area contributed by atoms with Crippen LogP contribution < -0.4 is 0 Å². The van der Waals surface area contributed by atoms with E-state index in [1.165, 1.54) is 212 Å². The lowest BCUT2D eigenvalue weighted by Crippen LogP contribution is -2.61. The highest BCUT2D eigenvalue weighted by Crippen LogP contribution is 2.27. The van der Waals surface area contributed by atoms with E-state index in [0.717, 1.165) is 57.8 Å². The number of allylic oxidation sites excluding steroid dienone is 2. The first-order valence-corrected chi connectivity index (χ1v) is 32.7. The average molecular weight is 1090 g/mol. The zero-order valence-electron chi connectivity index (χ0n) is 50.0. The molecule has 6 atom stereocenters. The van der Waals surface area contributed by atoms with E-state index in [1.807, 2.05) is 0 Å². The third-order valence-electron chi connectivity index (χ3n) is 15.3. The van der Waals surface area contributed by atoms with Gasteiger partial charge in [-0.2, -0.15) is 0 Å². The van der Waals surface area contributed by atoms with Gasteiger partial charge in [-0.25, -0.2) is 4.79 Å². The SMILES string of the molecule is CCCCCCCC/C=C\CCCCCCCCCCCC(=O)OCC(COC1OC(C(=O)O)C(O)C(O)C1OC(=O)CCCCCCCCCCCCCCCCCCCCC)OC(=O)CCCCCCCCCCC. The summed E-state index contributed by atoms with van der Waals surface area (Å²) in [7, 11) is 0. The molecule has 0 aromatic heterocycles. The highest BCUT2D eigenvalue weighted by atomic mass is 16.7. The smallest absolute Gasteiger partial charge is 0.335 e. The topological polar surface area (TPSA) is 175 Å². The molecular formula is C65H120O12. The summed E-state index contributed by atoms with van der Waals surface area (Å²) >= 11 is 0. The van der Waals surface area contributed by atoms with Gasteiger partial charge >= 0.3 is 23.9 Å². The van der Waals surface area contributed by atoms with E-state index in [9.17, 15) is 34.5 Å². The molecule has 0 radical (unpaired) electrons. The summed E-state index contributed by atoms with van der Waals surface area (Å²) in [4.78, 5) is 51.2. The molecule has 3 N–H and O–H groups in total. The summed E-state index contributed by atoms with van der Waals surface area (Å²) in [6, 6.07) is 0. The molecule has 0 saturated carbocycles. The van der Waals surface area contributed by atoms with Crippen molar-refractivity contribution in [3.05, 3.63) is 12.2 Å². The van der Waals surface area contributed by atoms with Gasteiger partial charge in [-0.1, -0.05) is 277 Å². The fourth-order valence-electron chi connectivity index (χ4n) is 10.3. The van der Waals surface area contributed by atoms with Crippen LogP contribution in [-0.4, -0.2) is 89.2 Å². The molecule has 1 rings (SSSR count). The molecule has 0 spiro atoms. The number of rotatable bonds is 57. The highest BCUT2D eigenvalue weighted by Gasteiger charge is 2.50. The second-order valence-electron chi connectivity index (χ2n) is 22.8. The van der Waals surface area contributed by atoms with E-state index >= 15 is 0 Å². The molecule has 0 amide bonds. The molecule has 77 heavy (non-hydrogen) atoms. The van der Waals surface area contributed by atoms with E-state index in [-0.39, 0.29) is 25.9 Å². The molecule has 1 saturated heterocycles. The Morgan fingerprint density at radius 2 is 0.740 bits per heavy atom. The molecular weight excluding hydrogens is 973 g/mol. The van der Waals surface area contributed by atoms with E-state index in [1.54, 1.807) is 0 Å². The van der Waals surface area contributed by atoms with E-state index < -0.39 is 67.3 Å². The van der Waals surface area contributed by atoms with Crippen LogP contribution in [0.5, 0.6) is 0 Å². The molecule has 0 aromatic carbocycles. The van der Waals surface area contributed by atoms with Crippen LogP contribution in [0, 0.1) is 0 Å². The second-order valence-corrected chi connectivity index (χ2v) is 22.8. The number of carboxylic acid groups (broad SMARTS) is 1. The van der Waals surface area contributed by atoms with Gasteiger partial charge in [0, 0.05) is 19.3 Å². The average Bonchev–Trinajstić information content (AvgIpc) is 3.42. The number of aliphatic hydroxyl groups is 2. The van der Waals surface area contributed by atoms with Crippen LogP contribution in [0.15, 0.2) is 12.2 Å². The second kappa shape index (κ2) is 54.1. The van der Waals surface area contributed by atoms with Crippen molar-refractivity contribution in [2.24, 2.45) is 0 Å². The van der Waals surface area contributed by atoms with Gasteiger partial charge in [-0.15, -0.1) is 0 Å². The van der Waals surface area contributed by atoms with Crippen molar-refractivity contribution >= 4 is 23.9 Å². The van der Waals surface area contributed by atoms with E-state index in [4.69, 9.17) is 23.7 Å². The Morgan fingerprint density at radius 1 is 0.416 bits per heavy atom. The Balaban J connectivity index is 2.56. The van der Waals surface area contributed by atoms with Crippen LogP contribution in [0.4, 0.5) is 0 Å². The minimum atomic E-state index is -1.90. The van der Waals surface area contributed by atoms with Crippen LogP contribution in [0.25, 0.3) is 0 Å². The van der Waals surface area contributed by atoms with Gasteiger partial charge < -0.3 is 39.0 Å². The number of hydrogen-bond acceptors (Lipinski definition) is 11. The van der Waals surface area contributed by atoms with Gasteiger partial charge in [0.1, 0.15) is 18.8 Å². The van der Waals surface area contributed by atoms with Crippen molar-refractivity contribution in [1.29, 1.82) is 0 Å². The van der Waals surface area contributed by atoms with Gasteiger partial charge in [-0.3, -0.25) is 14.4 Å². The first kappa shape index (κ1) is 72.5. The Hall–Kier alpha value is -2.54. The first-order chi connectivity index (χ1) is 37.6. The van der Waals surface area contributed by atoms with Gasteiger partial charge in [0.25, 0.3) is 0 Å². The van der Waals surface area contributed by atoms with Crippen molar-refractivity contribution in [3.63, 3.8) is 0 Å². The summed E-state index contributed by atoms with van der Waals surface area (Å²) in [6.45, 7) is 6.02. The maximum Gasteiger partial charge on any atom is 0.335 e. The minimum Gasteiger partial charge on any atom is -0.479 e. The maximum atomic E-state index is 13.1. The molecule has 452 valence electrons. The summed E-state index contributed by atoms with van der Waals surface area (Å²) in [6.07, 6.45) is 49.1. The number of hydrogen-bond donors (Lipinski definition) is 3. The molecule has 12 heteroatoms. The number of ether oxygens (including phenoxy) is 5. The monoisotopic (exact) mass is 1090 g/mol. The van der Waals surface area contributed by atoms with Crippen molar-refractivity contribution < 1.29 is 58.2 Å². The number of carboxylic acids is 1. The normalized spacial score (nSPS) is 18.0. The molecule has 0 aliphatic carbocycles. The van der Waals surface area contributed by atoms with Crippen LogP contribution >= 0.6 is 0 Å². The number of aliphatic carboxylic acids is 1. The fourth-order valence-corrected chi connectivity index (χ4v) is 10.3. The first-order valence-electron chi connectivity index (χ1n) is 32.7. The lowest BCUT2D eigenvalue weighted by atomic mass is 9.98. The Bertz CT molecular complexity index is 1390. The molecule has 0 aromatic rings. The third kappa shape index (κ3) is 43.9. The molecule has 1 aliphatic heterocycles. The van der Waals surface area contributed by atoms with Crippen molar-refractivity contribution in [3.8, 4) is 0 Å². The van der Waals surface area contributed by atoms with Crippen molar-refractivity contribution in [2.75, 3.05) is 13.2 Å². The van der Waals surface area contributed by atoms with E-state index in [2.05, 4.69) is 32.9 Å². The van der Waals surface area contributed by atoms with Crippen molar-refractivity contribution in [2.45, 2.75) is 366 Å². The number of carbonyl (C=O) groups excluding carboxylic acids is 3. The number of esters is 3. The predicted molar refractivity (Wildman–Crippen MR) is 313 cm³/mol. The fraction of sp³-hybridized carbons (Fsp3) is 0.908. The highest BCUT2D eigenvalue weighted by molar-refractivity contribution is 5.74. The van der Waals surface area contributed by atoms with Crippen LogP contribution in [0.2, 0.25) is 0 Å². The Kier molecular flexibility index (Phi) is 50.9. The van der Waals surface area contributed by atoms with Gasteiger partial charge in [0.15, 0.2) is 24.6 Å². The number of unbranched alkanes of at least 4 members (excludes halogenated alkanes) is 41. The standard InChI is InChI=1S/C65H120O12/c1-4-7-10-13-16-19-21-23-25-27-29-31-33-35-37-40-42-45-48-51-57(66)73-54-56(75-58(67)52-49-46-43-39-18-15-12-9-6-3)55-74-65-63(61(70)60(69)62(77-65)64(71)72)76-59(68)53-50-47-44-41-38-36-34-32-30-28-26-24-22-20-17-14-11-8-5-2/h23,25,56,60-63,65,69-70H,4-22,24,26-55H2,1-3H3,(H,71,72)/b25-23-. The van der Waals surface area contributed by atoms with Crippen LogP contribution in [0.3, 0.4) is 0 Å². The third-order valence-corrected chi connectivity index (χ3v) is 15.3. The van der Waals surface area contributed by atoms with Gasteiger partial charge in [0.2, 0.25) is 0 Å². The Morgan fingerprint density at radius 3 is 1.10 bits per heavy atom. The molecule has 6 unspecified atom stereocenters. The zero-order valence-corrected chi connectivity index (χ0v) is 50.0. The van der Waals surface area contributed by atoms with Crippen LogP contribution in [-0.2, 0) is 42.9 Å². The Labute approximate surface area is 471 Å². The quantitative estimate of drug-likeness (QED) is 0.0228. The molecule has 1 aliphatic rings. The lowest BCUT2D eigenvalue weighted by Gasteiger charge is -2.40. The van der Waals surface area contributed by atoms with Gasteiger partial charge in [0.05, 0.1) is 6.61 Å². The van der Waals surface area contributed by atoms with Gasteiger partial charge in [-0.05, 0) is 44.9 Å². The predicted octanol–water partition coefficient (Wildman–Crippen LogP) is 17.2. The lowest BCUT2D eigenvalue weighted by molar-refractivity contribution is -0.301. The molecule has 0 bridgehead atoms. The van der Waals surface area contributed by atoms with E-state index in [0.29, 0.717) is 19.3 Å². The molecule has 1 heterocycles.